The molecule has 1 amide bonds. The fraction of sp³-hybridized carbons (Fsp3) is 0.370. The number of rotatable bonds is 9. The number of ether oxygens (including phenoxy) is 1. The Kier molecular flexibility index (Phi) is 8.40. The van der Waals surface area contributed by atoms with Crippen LogP contribution >= 0.6 is 22.9 Å². The van der Waals surface area contributed by atoms with E-state index in [0.717, 1.165) is 17.5 Å². The summed E-state index contributed by atoms with van der Waals surface area (Å²) in [5, 5.41) is 2.65. The first kappa shape index (κ1) is 26.7. The third-order valence-electron chi connectivity index (χ3n) is 6.18. The molecule has 0 fully saturated rings. The maximum atomic E-state index is 13.7. The fourth-order valence-corrected chi connectivity index (χ4v) is 6.94. The summed E-state index contributed by atoms with van der Waals surface area (Å²) in [6, 6.07) is 15.6. The van der Waals surface area contributed by atoms with Crippen LogP contribution in [0.4, 0.5) is 0 Å². The molecule has 1 aromatic heterocycles. The number of benzene rings is 2. The molecule has 9 heteroatoms. The van der Waals surface area contributed by atoms with Crippen molar-refractivity contribution in [3.8, 4) is 5.75 Å². The minimum absolute atomic E-state index is 0.0619. The van der Waals surface area contributed by atoms with Gasteiger partial charge in [-0.1, -0.05) is 43.1 Å². The van der Waals surface area contributed by atoms with Gasteiger partial charge in [0.25, 0.3) is 0 Å². The molecule has 6 nitrogen and oxygen atoms in total. The van der Waals surface area contributed by atoms with Gasteiger partial charge in [0.1, 0.15) is 12.4 Å². The minimum atomic E-state index is -3.83. The van der Waals surface area contributed by atoms with Crippen molar-refractivity contribution in [1.29, 1.82) is 0 Å². The van der Waals surface area contributed by atoms with Crippen molar-refractivity contribution in [2.24, 2.45) is 5.92 Å². The standard InChI is InChI=1S/C27H31ClN2O4S2/c1-19(2)16-29(36(32,33)23-10-4-20(3)5-11-23)17-27(31)30-14-12-26-24(13-15-35-26)25(30)18-34-22-8-6-21(28)7-9-22/h4-11,13,15,19,25H,12,14,16-18H2,1-3H3. The van der Waals surface area contributed by atoms with Crippen LogP contribution in [0.2, 0.25) is 5.02 Å². The van der Waals surface area contributed by atoms with Crippen LogP contribution in [0, 0.1) is 12.8 Å². The molecular weight excluding hydrogens is 516 g/mol. The van der Waals surface area contributed by atoms with Crippen LogP contribution in [0.1, 0.15) is 35.9 Å². The number of halogens is 1. The number of thiophene rings is 1. The lowest BCUT2D eigenvalue weighted by atomic mass is 10.0. The van der Waals surface area contributed by atoms with Gasteiger partial charge in [-0.15, -0.1) is 11.3 Å². The molecule has 1 aliphatic rings. The van der Waals surface area contributed by atoms with Crippen molar-refractivity contribution in [2.45, 2.75) is 38.1 Å². The second kappa shape index (κ2) is 11.3. The van der Waals surface area contributed by atoms with Gasteiger partial charge in [-0.05, 0) is 72.7 Å². The van der Waals surface area contributed by atoms with Crippen molar-refractivity contribution in [2.75, 3.05) is 26.2 Å². The topological polar surface area (TPSA) is 66.9 Å². The second-order valence-corrected chi connectivity index (χ2v) is 12.8. The first-order valence-electron chi connectivity index (χ1n) is 12.0. The minimum Gasteiger partial charge on any atom is -0.491 e. The molecule has 0 bridgehead atoms. The number of carbonyl (C=O) groups is 1. The molecule has 0 aliphatic carbocycles. The summed E-state index contributed by atoms with van der Waals surface area (Å²) in [6.45, 7) is 6.63. The highest BCUT2D eigenvalue weighted by atomic mass is 35.5. The summed E-state index contributed by atoms with van der Waals surface area (Å²) >= 11 is 7.66. The Bertz CT molecular complexity index is 1290. The van der Waals surface area contributed by atoms with E-state index in [4.69, 9.17) is 16.3 Å². The van der Waals surface area contributed by atoms with Crippen molar-refractivity contribution in [1.82, 2.24) is 9.21 Å². The van der Waals surface area contributed by atoms with E-state index in [-0.39, 0.29) is 42.5 Å². The van der Waals surface area contributed by atoms with Crippen LogP contribution in [0.15, 0.2) is 64.9 Å². The molecule has 0 spiro atoms. The summed E-state index contributed by atoms with van der Waals surface area (Å²) in [5.74, 6) is 0.498. The van der Waals surface area contributed by atoms with E-state index in [1.807, 2.05) is 32.2 Å². The Morgan fingerprint density at radius 1 is 1.14 bits per heavy atom. The predicted molar refractivity (Wildman–Crippen MR) is 144 cm³/mol. The quantitative estimate of drug-likeness (QED) is 0.352. The number of hydrogen-bond donors (Lipinski definition) is 0. The maximum Gasteiger partial charge on any atom is 0.243 e. The van der Waals surface area contributed by atoms with Crippen molar-refractivity contribution < 1.29 is 17.9 Å². The molecule has 2 heterocycles. The van der Waals surface area contributed by atoms with Crippen LogP contribution < -0.4 is 4.74 Å². The molecule has 3 aromatic rings. The molecule has 2 aromatic carbocycles. The lowest BCUT2D eigenvalue weighted by molar-refractivity contribution is -0.135. The van der Waals surface area contributed by atoms with E-state index in [9.17, 15) is 13.2 Å². The monoisotopic (exact) mass is 546 g/mol. The van der Waals surface area contributed by atoms with Gasteiger partial charge in [-0.25, -0.2) is 8.42 Å². The van der Waals surface area contributed by atoms with Gasteiger partial charge in [0, 0.05) is 23.0 Å². The molecule has 0 radical (unpaired) electrons. The Balaban J connectivity index is 1.57. The molecule has 1 aliphatic heterocycles. The number of nitrogens with zero attached hydrogens (tertiary/aromatic N) is 2. The number of hydrogen-bond acceptors (Lipinski definition) is 5. The van der Waals surface area contributed by atoms with E-state index in [1.165, 1.54) is 9.18 Å². The average molecular weight is 547 g/mol. The van der Waals surface area contributed by atoms with E-state index in [2.05, 4.69) is 0 Å². The van der Waals surface area contributed by atoms with Gasteiger partial charge in [0.05, 0.1) is 17.5 Å². The average Bonchev–Trinajstić information content (AvgIpc) is 3.32. The molecule has 4 rings (SSSR count). The zero-order valence-corrected chi connectivity index (χ0v) is 23.1. The summed E-state index contributed by atoms with van der Waals surface area (Å²) in [4.78, 5) is 16.9. The van der Waals surface area contributed by atoms with E-state index < -0.39 is 10.0 Å². The number of aryl methyl sites for hydroxylation is 1. The van der Waals surface area contributed by atoms with Gasteiger partial charge in [0.15, 0.2) is 0 Å². The molecule has 192 valence electrons. The first-order valence-corrected chi connectivity index (χ1v) is 14.7. The van der Waals surface area contributed by atoms with Gasteiger partial charge in [-0.3, -0.25) is 4.79 Å². The van der Waals surface area contributed by atoms with Crippen LogP contribution in [0.5, 0.6) is 5.75 Å². The van der Waals surface area contributed by atoms with Crippen LogP contribution in [0.25, 0.3) is 0 Å². The van der Waals surface area contributed by atoms with E-state index >= 15 is 0 Å². The normalized spacial score (nSPS) is 15.8. The van der Waals surface area contributed by atoms with E-state index in [0.29, 0.717) is 17.3 Å². The maximum absolute atomic E-state index is 13.7. The highest BCUT2D eigenvalue weighted by molar-refractivity contribution is 7.89. The largest absolute Gasteiger partial charge is 0.491 e. The highest BCUT2D eigenvalue weighted by Gasteiger charge is 2.35. The first-order chi connectivity index (χ1) is 17.1. The van der Waals surface area contributed by atoms with Crippen LogP contribution in [0.3, 0.4) is 0 Å². The summed E-state index contributed by atoms with van der Waals surface area (Å²) in [6.07, 6.45) is 0.741. The fourth-order valence-electron chi connectivity index (χ4n) is 4.34. The summed E-state index contributed by atoms with van der Waals surface area (Å²) in [5.41, 5.74) is 2.04. The molecule has 0 saturated carbocycles. The lowest BCUT2D eigenvalue weighted by Gasteiger charge is -2.37. The molecular formula is C27H31ClN2O4S2. The van der Waals surface area contributed by atoms with Gasteiger partial charge in [-0.2, -0.15) is 4.31 Å². The van der Waals surface area contributed by atoms with Crippen LogP contribution in [-0.2, 0) is 21.2 Å². The molecule has 1 atom stereocenters. The smallest absolute Gasteiger partial charge is 0.243 e. The second-order valence-electron chi connectivity index (χ2n) is 9.42. The number of amides is 1. The van der Waals surface area contributed by atoms with Gasteiger partial charge < -0.3 is 9.64 Å². The molecule has 0 N–H and O–H groups in total. The number of carbonyl (C=O) groups excluding carboxylic acids is 1. The van der Waals surface area contributed by atoms with Crippen LogP contribution in [-0.4, -0.2) is 49.8 Å². The highest BCUT2D eigenvalue weighted by Crippen LogP contribution is 2.34. The predicted octanol–water partition coefficient (Wildman–Crippen LogP) is 5.56. The van der Waals surface area contributed by atoms with Crippen molar-refractivity contribution in [3.05, 3.63) is 81.0 Å². The molecule has 36 heavy (non-hydrogen) atoms. The van der Waals surface area contributed by atoms with Gasteiger partial charge >= 0.3 is 0 Å². The van der Waals surface area contributed by atoms with E-state index in [1.54, 1.807) is 64.8 Å². The Hall–Kier alpha value is -2.39. The Labute approximate surface area is 222 Å². The SMILES string of the molecule is Cc1ccc(S(=O)(=O)N(CC(=O)N2CCc3sccc3C2COc2ccc(Cl)cc2)CC(C)C)cc1. The number of sulfonamides is 1. The summed E-state index contributed by atoms with van der Waals surface area (Å²) < 4.78 is 34.3. The Morgan fingerprint density at radius 3 is 2.50 bits per heavy atom. The summed E-state index contributed by atoms with van der Waals surface area (Å²) in [7, 11) is -3.83. The Morgan fingerprint density at radius 2 is 1.83 bits per heavy atom. The third-order valence-corrected chi connectivity index (χ3v) is 9.25. The third kappa shape index (κ3) is 6.11. The molecule has 1 unspecified atom stereocenters. The van der Waals surface area contributed by atoms with Crippen molar-refractivity contribution >= 4 is 38.9 Å². The number of fused-ring (bicyclic) bond motifs is 1. The zero-order chi connectivity index (χ0) is 25.9. The lowest BCUT2D eigenvalue weighted by Crippen LogP contribution is -2.48. The zero-order valence-electron chi connectivity index (χ0n) is 20.7. The molecule has 0 saturated heterocycles. The van der Waals surface area contributed by atoms with Gasteiger partial charge in [0.2, 0.25) is 15.9 Å². The van der Waals surface area contributed by atoms with Crippen molar-refractivity contribution in [3.63, 3.8) is 0 Å².